The third kappa shape index (κ3) is 2.33. The Balaban J connectivity index is 2.68. The summed E-state index contributed by atoms with van der Waals surface area (Å²) in [6.07, 6.45) is 1.42. The lowest BCUT2D eigenvalue weighted by Gasteiger charge is -1.97. The first-order valence-corrected chi connectivity index (χ1v) is 3.83. The van der Waals surface area contributed by atoms with Crippen molar-refractivity contribution in [1.29, 1.82) is 5.26 Å². The highest BCUT2D eigenvalue weighted by molar-refractivity contribution is 5.22. The SMILES string of the molecule is N#Cc1cccc(CCCO)n1. The van der Waals surface area contributed by atoms with Crippen LogP contribution in [0.3, 0.4) is 0 Å². The number of nitriles is 1. The van der Waals surface area contributed by atoms with E-state index >= 15 is 0 Å². The molecule has 0 aromatic carbocycles. The zero-order chi connectivity index (χ0) is 8.81. The minimum absolute atomic E-state index is 0.165. The topological polar surface area (TPSA) is 56.9 Å². The van der Waals surface area contributed by atoms with Crippen LogP contribution in [-0.4, -0.2) is 16.7 Å². The van der Waals surface area contributed by atoms with Crippen LogP contribution >= 0.6 is 0 Å². The van der Waals surface area contributed by atoms with Gasteiger partial charge in [-0.2, -0.15) is 5.26 Å². The molecule has 1 rings (SSSR count). The Morgan fingerprint density at radius 1 is 1.50 bits per heavy atom. The van der Waals surface area contributed by atoms with E-state index in [1.807, 2.05) is 12.1 Å². The number of aliphatic hydroxyl groups is 1. The molecular formula is C9H10N2O. The molecule has 0 amide bonds. The Kier molecular flexibility index (Phi) is 3.24. The van der Waals surface area contributed by atoms with E-state index in [-0.39, 0.29) is 6.61 Å². The second-order valence-corrected chi connectivity index (χ2v) is 2.45. The van der Waals surface area contributed by atoms with E-state index in [1.54, 1.807) is 12.1 Å². The Labute approximate surface area is 71.3 Å². The summed E-state index contributed by atoms with van der Waals surface area (Å²) < 4.78 is 0. The molecule has 1 aromatic rings. The summed E-state index contributed by atoms with van der Waals surface area (Å²) in [7, 11) is 0. The van der Waals surface area contributed by atoms with Crippen molar-refractivity contribution < 1.29 is 5.11 Å². The van der Waals surface area contributed by atoms with Gasteiger partial charge in [0.15, 0.2) is 0 Å². The van der Waals surface area contributed by atoms with Gasteiger partial charge < -0.3 is 5.11 Å². The average Bonchev–Trinajstić information content (AvgIpc) is 2.15. The summed E-state index contributed by atoms with van der Waals surface area (Å²) in [4.78, 5) is 4.06. The molecule has 3 nitrogen and oxygen atoms in total. The zero-order valence-electron chi connectivity index (χ0n) is 6.70. The normalized spacial score (nSPS) is 9.33. The van der Waals surface area contributed by atoms with E-state index in [4.69, 9.17) is 10.4 Å². The van der Waals surface area contributed by atoms with Crippen molar-refractivity contribution in [3.63, 3.8) is 0 Å². The first-order valence-electron chi connectivity index (χ1n) is 3.83. The Hall–Kier alpha value is -1.40. The molecule has 0 saturated heterocycles. The average molecular weight is 162 g/mol. The van der Waals surface area contributed by atoms with E-state index in [0.29, 0.717) is 12.1 Å². The van der Waals surface area contributed by atoms with Gasteiger partial charge in [0.25, 0.3) is 0 Å². The summed E-state index contributed by atoms with van der Waals surface area (Å²) in [6.45, 7) is 0.165. The van der Waals surface area contributed by atoms with Gasteiger partial charge >= 0.3 is 0 Å². The molecule has 0 saturated carbocycles. The molecule has 0 aliphatic rings. The number of aliphatic hydroxyl groups excluding tert-OH is 1. The number of hydrogen-bond acceptors (Lipinski definition) is 3. The second kappa shape index (κ2) is 4.47. The van der Waals surface area contributed by atoms with Crippen molar-refractivity contribution in [2.24, 2.45) is 0 Å². The van der Waals surface area contributed by atoms with Gasteiger partial charge in [-0.05, 0) is 25.0 Å². The standard InChI is InChI=1S/C9H10N2O/c10-7-9-4-1-3-8(11-9)5-2-6-12/h1,3-4,12H,2,5-6H2. The maximum Gasteiger partial charge on any atom is 0.140 e. The fraction of sp³-hybridized carbons (Fsp3) is 0.333. The van der Waals surface area contributed by atoms with Crippen molar-refractivity contribution in [3.8, 4) is 6.07 Å². The van der Waals surface area contributed by atoms with E-state index in [2.05, 4.69) is 4.98 Å². The fourth-order valence-electron chi connectivity index (χ4n) is 0.941. The van der Waals surface area contributed by atoms with Crippen LogP contribution in [0.5, 0.6) is 0 Å². The van der Waals surface area contributed by atoms with E-state index in [0.717, 1.165) is 12.1 Å². The molecule has 0 bridgehead atoms. The molecule has 1 heterocycles. The molecule has 0 unspecified atom stereocenters. The van der Waals surface area contributed by atoms with Crippen LogP contribution in [0.2, 0.25) is 0 Å². The monoisotopic (exact) mass is 162 g/mol. The molecule has 0 aliphatic heterocycles. The predicted molar refractivity (Wildman–Crippen MR) is 44.4 cm³/mol. The maximum atomic E-state index is 8.56. The minimum atomic E-state index is 0.165. The number of pyridine rings is 1. The van der Waals surface area contributed by atoms with E-state index < -0.39 is 0 Å². The van der Waals surface area contributed by atoms with Gasteiger partial charge in [0.1, 0.15) is 11.8 Å². The first kappa shape index (κ1) is 8.69. The highest BCUT2D eigenvalue weighted by Crippen LogP contribution is 2.00. The molecule has 1 N–H and O–H groups in total. The van der Waals surface area contributed by atoms with Crippen LogP contribution in [0.4, 0.5) is 0 Å². The number of aryl methyl sites for hydroxylation is 1. The third-order valence-corrected chi connectivity index (χ3v) is 1.51. The van der Waals surface area contributed by atoms with E-state index in [1.165, 1.54) is 0 Å². The minimum Gasteiger partial charge on any atom is -0.396 e. The Morgan fingerprint density at radius 3 is 3.00 bits per heavy atom. The molecule has 3 heteroatoms. The van der Waals surface area contributed by atoms with Gasteiger partial charge in [-0.25, -0.2) is 4.98 Å². The Morgan fingerprint density at radius 2 is 2.33 bits per heavy atom. The summed E-state index contributed by atoms with van der Waals surface area (Å²) >= 11 is 0. The van der Waals surface area contributed by atoms with Crippen molar-refractivity contribution in [2.45, 2.75) is 12.8 Å². The highest BCUT2D eigenvalue weighted by atomic mass is 16.2. The number of aromatic nitrogens is 1. The molecule has 1 aromatic heterocycles. The maximum absolute atomic E-state index is 8.56. The van der Waals surface area contributed by atoms with Crippen LogP contribution in [0.25, 0.3) is 0 Å². The van der Waals surface area contributed by atoms with Gasteiger partial charge in [0.2, 0.25) is 0 Å². The van der Waals surface area contributed by atoms with Crippen molar-refractivity contribution >= 4 is 0 Å². The van der Waals surface area contributed by atoms with Crippen molar-refractivity contribution in [1.82, 2.24) is 4.98 Å². The van der Waals surface area contributed by atoms with Crippen molar-refractivity contribution in [2.75, 3.05) is 6.61 Å². The quantitative estimate of drug-likeness (QED) is 0.717. The largest absolute Gasteiger partial charge is 0.396 e. The van der Waals surface area contributed by atoms with Crippen molar-refractivity contribution in [3.05, 3.63) is 29.6 Å². The molecule has 62 valence electrons. The second-order valence-electron chi connectivity index (χ2n) is 2.45. The fourth-order valence-corrected chi connectivity index (χ4v) is 0.941. The van der Waals surface area contributed by atoms with Gasteiger partial charge in [0.05, 0.1) is 0 Å². The first-order chi connectivity index (χ1) is 5.86. The lowest BCUT2D eigenvalue weighted by Crippen LogP contribution is -1.94. The summed E-state index contributed by atoms with van der Waals surface area (Å²) in [5.41, 5.74) is 1.30. The lowest BCUT2D eigenvalue weighted by molar-refractivity contribution is 0.288. The molecular weight excluding hydrogens is 152 g/mol. The predicted octanol–water partition coefficient (Wildman–Crippen LogP) is 0.878. The van der Waals surface area contributed by atoms with Crippen LogP contribution < -0.4 is 0 Å². The van der Waals surface area contributed by atoms with Gasteiger partial charge in [-0.3, -0.25) is 0 Å². The molecule has 12 heavy (non-hydrogen) atoms. The lowest BCUT2D eigenvalue weighted by atomic mass is 10.2. The van der Waals surface area contributed by atoms with E-state index in [9.17, 15) is 0 Å². The van der Waals surface area contributed by atoms with Crippen LogP contribution in [-0.2, 0) is 6.42 Å². The summed E-state index contributed by atoms with van der Waals surface area (Å²) in [6, 6.07) is 7.30. The summed E-state index contributed by atoms with van der Waals surface area (Å²) in [5.74, 6) is 0. The van der Waals surface area contributed by atoms with Crippen LogP contribution in [0.15, 0.2) is 18.2 Å². The van der Waals surface area contributed by atoms with Gasteiger partial charge in [0, 0.05) is 12.3 Å². The third-order valence-electron chi connectivity index (χ3n) is 1.51. The van der Waals surface area contributed by atoms with Crippen LogP contribution in [0.1, 0.15) is 17.8 Å². The molecule has 0 fully saturated rings. The molecule has 0 spiro atoms. The van der Waals surface area contributed by atoms with Gasteiger partial charge in [-0.15, -0.1) is 0 Å². The van der Waals surface area contributed by atoms with Gasteiger partial charge in [-0.1, -0.05) is 6.07 Å². The number of nitrogens with zero attached hydrogens (tertiary/aromatic N) is 2. The smallest absolute Gasteiger partial charge is 0.140 e. The van der Waals surface area contributed by atoms with Crippen LogP contribution in [0, 0.1) is 11.3 Å². The zero-order valence-corrected chi connectivity index (χ0v) is 6.70. The molecule has 0 atom stereocenters. The highest BCUT2D eigenvalue weighted by Gasteiger charge is 1.95. The number of rotatable bonds is 3. The number of hydrogen-bond donors (Lipinski definition) is 1. The molecule has 0 aliphatic carbocycles. The Bertz CT molecular complexity index is 291. The summed E-state index contributed by atoms with van der Waals surface area (Å²) in [5, 5.41) is 17.1. The molecule has 0 radical (unpaired) electrons.